The molecule has 1 aliphatic carbocycles. The van der Waals surface area contributed by atoms with Crippen LogP contribution in [0.4, 0.5) is 11.4 Å². The first-order valence-corrected chi connectivity index (χ1v) is 6.50. The van der Waals surface area contributed by atoms with Crippen molar-refractivity contribution in [1.82, 2.24) is 0 Å². The van der Waals surface area contributed by atoms with Crippen LogP contribution in [0.3, 0.4) is 0 Å². The lowest BCUT2D eigenvalue weighted by atomic mass is 10.0. The standard InChI is InChI=1S/C15H16N2O2/c1-8-2-5-11(9-3-4-9)10(6-8)7-17-13-12(16)14(18)15(13)19/h2,5-6,9,17H,3-4,7,16H2,1H3. The molecule has 1 aliphatic rings. The molecule has 0 aromatic heterocycles. The van der Waals surface area contributed by atoms with Gasteiger partial charge in [0.15, 0.2) is 0 Å². The van der Waals surface area contributed by atoms with Crippen LogP contribution in [-0.4, -0.2) is 0 Å². The van der Waals surface area contributed by atoms with Crippen molar-refractivity contribution in [3.8, 4) is 0 Å². The normalized spacial score (nSPS) is 14.8. The third-order valence-corrected chi connectivity index (χ3v) is 3.72. The number of anilines is 2. The Labute approximate surface area is 110 Å². The first-order chi connectivity index (χ1) is 9.08. The SMILES string of the molecule is Cc1ccc(C2CC2)c(CNc2c(N)c(=O)c2=O)c1. The summed E-state index contributed by atoms with van der Waals surface area (Å²) in [5.74, 6) is 0.655. The van der Waals surface area contributed by atoms with Crippen LogP contribution in [0, 0.1) is 6.92 Å². The quantitative estimate of drug-likeness (QED) is 0.816. The number of benzene rings is 1. The maximum atomic E-state index is 11.3. The minimum Gasteiger partial charge on any atom is -0.394 e. The third-order valence-electron chi connectivity index (χ3n) is 3.72. The van der Waals surface area contributed by atoms with Crippen molar-refractivity contribution in [2.45, 2.75) is 32.2 Å². The Morgan fingerprint density at radius 2 is 2.00 bits per heavy atom. The van der Waals surface area contributed by atoms with E-state index in [4.69, 9.17) is 5.73 Å². The molecule has 4 nitrogen and oxygen atoms in total. The largest absolute Gasteiger partial charge is 0.394 e. The van der Waals surface area contributed by atoms with Gasteiger partial charge in [-0.25, -0.2) is 0 Å². The van der Waals surface area contributed by atoms with Crippen LogP contribution in [0.1, 0.15) is 35.4 Å². The number of hydrogen-bond donors (Lipinski definition) is 2. The lowest BCUT2D eigenvalue weighted by molar-refractivity contribution is 1.03. The van der Waals surface area contributed by atoms with Crippen molar-refractivity contribution >= 4 is 11.4 Å². The molecule has 19 heavy (non-hydrogen) atoms. The van der Waals surface area contributed by atoms with Crippen LogP contribution >= 0.6 is 0 Å². The van der Waals surface area contributed by atoms with Crippen molar-refractivity contribution in [1.29, 1.82) is 0 Å². The molecule has 0 radical (unpaired) electrons. The Balaban J connectivity index is 1.82. The second-order valence-electron chi connectivity index (χ2n) is 5.28. The fraction of sp³-hybridized carbons (Fsp3) is 0.333. The van der Waals surface area contributed by atoms with E-state index in [-0.39, 0.29) is 11.4 Å². The van der Waals surface area contributed by atoms with Gasteiger partial charge >= 0.3 is 0 Å². The van der Waals surface area contributed by atoms with Crippen LogP contribution < -0.4 is 21.9 Å². The van der Waals surface area contributed by atoms with Crippen molar-refractivity contribution in [2.75, 3.05) is 11.1 Å². The van der Waals surface area contributed by atoms with E-state index >= 15 is 0 Å². The maximum absolute atomic E-state index is 11.3. The summed E-state index contributed by atoms with van der Waals surface area (Å²) in [7, 11) is 0. The molecule has 0 atom stereocenters. The molecule has 1 saturated carbocycles. The molecule has 3 rings (SSSR count). The number of rotatable bonds is 4. The predicted octanol–water partition coefficient (Wildman–Crippen LogP) is 1.66. The lowest BCUT2D eigenvalue weighted by Gasteiger charge is -2.13. The number of aryl methyl sites for hydroxylation is 1. The molecule has 0 heterocycles. The van der Waals surface area contributed by atoms with Gasteiger partial charge in [-0.15, -0.1) is 0 Å². The van der Waals surface area contributed by atoms with Gasteiger partial charge in [-0.3, -0.25) is 9.59 Å². The summed E-state index contributed by atoms with van der Waals surface area (Å²) in [6.45, 7) is 2.59. The van der Waals surface area contributed by atoms with Crippen LogP contribution in [0.25, 0.3) is 0 Å². The molecule has 0 saturated heterocycles. The molecular weight excluding hydrogens is 240 g/mol. The summed E-state index contributed by atoms with van der Waals surface area (Å²) in [6, 6.07) is 6.40. The molecule has 0 amide bonds. The first kappa shape index (κ1) is 12.0. The van der Waals surface area contributed by atoms with Crippen molar-refractivity contribution in [3.05, 3.63) is 55.3 Å². The Bertz CT molecular complexity index is 707. The molecule has 2 aromatic carbocycles. The second-order valence-corrected chi connectivity index (χ2v) is 5.28. The molecule has 98 valence electrons. The van der Waals surface area contributed by atoms with E-state index in [1.165, 1.54) is 29.5 Å². The van der Waals surface area contributed by atoms with Gasteiger partial charge < -0.3 is 11.1 Å². The topological polar surface area (TPSA) is 72.2 Å². The maximum Gasteiger partial charge on any atom is 0.253 e. The molecule has 0 unspecified atom stereocenters. The number of nitrogens with one attached hydrogen (secondary N) is 1. The second kappa shape index (κ2) is 4.23. The third kappa shape index (κ3) is 2.03. The van der Waals surface area contributed by atoms with Gasteiger partial charge in [0, 0.05) is 6.54 Å². The predicted molar refractivity (Wildman–Crippen MR) is 76.2 cm³/mol. The lowest BCUT2D eigenvalue weighted by Crippen LogP contribution is -2.36. The van der Waals surface area contributed by atoms with E-state index in [1.807, 2.05) is 6.92 Å². The number of nitrogen functional groups attached to an aromatic ring is 1. The zero-order valence-electron chi connectivity index (χ0n) is 10.8. The first-order valence-electron chi connectivity index (χ1n) is 6.50. The van der Waals surface area contributed by atoms with Crippen molar-refractivity contribution in [3.63, 3.8) is 0 Å². The van der Waals surface area contributed by atoms with Gasteiger partial charge in [-0.1, -0.05) is 23.8 Å². The van der Waals surface area contributed by atoms with Crippen molar-refractivity contribution < 1.29 is 0 Å². The minimum atomic E-state index is -0.575. The zero-order valence-corrected chi connectivity index (χ0v) is 10.8. The average molecular weight is 256 g/mol. The van der Waals surface area contributed by atoms with Gasteiger partial charge in [0.1, 0.15) is 11.4 Å². The van der Waals surface area contributed by atoms with E-state index in [2.05, 4.69) is 23.5 Å². The van der Waals surface area contributed by atoms with Gasteiger partial charge in [0.25, 0.3) is 10.9 Å². The fourth-order valence-corrected chi connectivity index (χ4v) is 2.45. The van der Waals surface area contributed by atoms with E-state index in [0.717, 1.165) is 0 Å². The molecule has 0 bridgehead atoms. The Morgan fingerprint density at radius 1 is 1.26 bits per heavy atom. The van der Waals surface area contributed by atoms with Crippen LogP contribution in [0.15, 0.2) is 27.8 Å². The van der Waals surface area contributed by atoms with Crippen molar-refractivity contribution in [2.24, 2.45) is 0 Å². The van der Waals surface area contributed by atoms with Crippen LogP contribution in [-0.2, 0) is 6.54 Å². The van der Waals surface area contributed by atoms with Gasteiger partial charge in [-0.2, -0.15) is 0 Å². The molecular formula is C15H16N2O2. The molecule has 3 N–H and O–H groups in total. The minimum absolute atomic E-state index is 0.0608. The average Bonchev–Trinajstić information content (AvgIpc) is 3.23. The zero-order chi connectivity index (χ0) is 13.6. The highest BCUT2D eigenvalue weighted by Crippen LogP contribution is 2.42. The Morgan fingerprint density at radius 3 is 2.63 bits per heavy atom. The smallest absolute Gasteiger partial charge is 0.253 e. The highest BCUT2D eigenvalue weighted by atomic mass is 16.2. The summed E-state index contributed by atoms with van der Waals surface area (Å²) in [5, 5.41) is 3.00. The monoisotopic (exact) mass is 256 g/mol. The van der Waals surface area contributed by atoms with Gasteiger partial charge in [0.05, 0.1) is 0 Å². The Kier molecular flexibility index (Phi) is 2.66. The summed E-state index contributed by atoms with van der Waals surface area (Å²) < 4.78 is 0. The molecule has 4 heteroatoms. The van der Waals surface area contributed by atoms with E-state index in [1.54, 1.807) is 0 Å². The fourth-order valence-electron chi connectivity index (χ4n) is 2.45. The summed E-state index contributed by atoms with van der Waals surface area (Å²) in [4.78, 5) is 22.4. The van der Waals surface area contributed by atoms with Crippen LogP contribution in [0.5, 0.6) is 0 Å². The number of nitrogens with two attached hydrogens (primary N) is 1. The molecule has 2 aromatic rings. The molecule has 1 fully saturated rings. The van der Waals surface area contributed by atoms with Crippen LogP contribution in [0.2, 0.25) is 0 Å². The van der Waals surface area contributed by atoms with Gasteiger partial charge in [0.2, 0.25) is 0 Å². The molecule has 0 spiro atoms. The van der Waals surface area contributed by atoms with Gasteiger partial charge in [-0.05, 0) is 36.8 Å². The summed E-state index contributed by atoms with van der Waals surface area (Å²) >= 11 is 0. The highest BCUT2D eigenvalue weighted by molar-refractivity contribution is 5.71. The summed E-state index contributed by atoms with van der Waals surface area (Å²) in [5.41, 5.74) is 8.49. The highest BCUT2D eigenvalue weighted by Gasteiger charge is 2.26. The number of hydrogen-bond acceptors (Lipinski definition) is 4. The summed E-state index contributed by atoms with van der Waals surface area (Å²) in [6.07, 6.45) is 2.47. The van der Waals surface area contributed by atoms with E-state index in [0.29, 0.717) is 12.5 Å². The van der Waals surface area contributed by atoms with E-state index in [9.17, 15) is 9.59 Å². The Hall–Kier alpha value is -2.10. The van der Waals surface area contributed by atoms with E-state index < -0.39 is 10.9 Å². The molecule has 0 aliphatic heterocycles.